The van der Waals surface area contributed by atoms with Crippen LogP contribution in [0, 0.1) is 12.7 Å². The molecule has 0 aliphatic rings. The van der Waals surface area contributed by atoms with Crippen molar-refractivity contribution in [1.82, 2.24) is 9.69 Å². The minimum atomic E-state index is -0.262. The molecule has 0 aliphatic carbocycles. The maximum atomic E-state index is 13.0. The fourth-order valence-electron chi connectivity index (χ4n) is 2.02. The Balaban J connectivity index is 2.02. The molecule has 0 radical (unpaired) electrons. The number of carbonyl (C=O) groups excluding carboxylic acids is 1. The number of hydrogen-bond donors (Lipinski definition) is 3. The second-order valence-electron chi connectivity index (χ2n) is 4.60. The Morgan fingerprint density at radius 2 is 2.24 bits per heavy atom. The highest BCUT2D eigenvalue weighted by Crippen LogP contribution is 2.26. The predicted molar refractivity (Wildman–Crippen MR) is 83.2 cm³/mol. The number of nitrogens with one attached hydrogen (secondary N) is 2. The van der Waals surface area contributed by atoms with Gasteiger partial charge in [-0.15, -0.1) is 0 Å². The molecule has 7 heteroatoms. The van der Waals surface area contributed by atoms with Crippen LogP contribution in [0.4, 0.5) is 15.2 Å². The van der Waals surface area contributed by atoms with Crippen LogP contribution in [0.15, 0.2) is 18.2 Å². The largest absolute Gasteiger partial charge is 0.382 e. The van der Waals surface area contributed by atoms with Gasteiger partial charge in [-0.25, -0.2) is 4.39 Å². The highest BCUT2D eigenvalue weighted by atomic mass is 32.1. The van der Waals surface area contributed by atoms with Crippen molar-refractivity contribution in [1.29, 1.82) is 0 Å². The summed E-state index contributed by atoms with van der Waals surface area (Å²) in [6.07, 6.45) is 0.719. The SMILES string of the molecule is CNC(=O)c1c(N)nsc1NCCc1ccc(F)cc1C. The molecule has 0 bridgehead atoms. The van der Waals surface area contributed by atoms with Crippen molar-refractivity contribution < 1.29 is 9.18 Å². The normalized spacial score (nSPS) is 10.4. The third-order valence-corrected chi connectivity index (χ3v) is 3.98. The van der Waals surface area contributed by atoms with E-state index < -0.39 is 0 Å². The number of carbonyl (C=O) groups is 1. The molecule has 5 nitrogen and oxygen atoms in total. The third-order valence-electron chi connectivity index (χ3n) is 3.16. The zero-order chi connectivity index (χ0) is 15.4. The number of aryl methyl sites for hydroxylation is 1. The van der Waals surface area contributed by atoms with E-state index >= 15 is 0 Å². The van der Waals surface area contributed by atoms with E-state index in [4.69, 9.17) is 5.73 Å². The van der Waals surface area contributed by atoms with Crippen molar-refractivity contribution in [2.24, 2.45) is 0 Å². The Kier molecular flexibility index (Phi) is 4.74. The first-order chi connectivity index (χ1) is 10.0. The highest BCUT2D eigenvalue weighted by molar-refractivity contribution is 7.11. The van der Waals surface area contributed by atoms with E-state index in [9.17, 15) is 9.18 Å². The second-order valence-corrected chi connectivity index (χ2v) is 5.37. The molecule has 2 aromatic rings. The average Bonchev–Trinajstić information content (AvgIpc) is 2.81. The molecule has 21 heavy (non-hydrogen) atoms. The monoisotopic (exact) mass is 308 g/mol. The Morgan fingerprint density at radius 3 is 2.90 bits per heavy atom. The van der Waals surface area contributed by atoms with Crippen LogP contribution in [-0.4, -0.2) is 23.9 Å². The van der Waals surface area contributed by atoms with Crippen molar-refractivity contribution in [3.05, 3.63) is 40.7 Å². The average molecular weight is 308 g/mol. The molecule has 0 spiro atoms. The first kappa shape index (κ1) is 15.2. The minimum absolute atomic E-state index is 0.222. The molecule has 1 amide bonds. The number of nitrogens with zero attached hydrogens (tertiary/aromatic N) is 1. The van der Waals surface area contributed by atoms with Gasteiger partial charge < -0.3 is 16.4 Å². The van der Waals surface area contributed by atoms with Crippen LogP contribution in [0.3, 0.4) is 0 Å². The maximum Gasteiger partial charge on any atom is 0.257 e. The van der Waals surface area contributed by atoms with Crippen LogP contribution in [0.1, 0.15) is 21.5 Å². The minimum Gasteiger partial charge on any atom is -0.382 e. The van der Waals surface area contributed by atoms with E-state index in [0.717, 1.165) is 29.1 Å². The lowest BCUT2D eigenvalue weighted by atomic mass is 10.1. The lowest BCUT2D eigenvalue weighted by Gasteiger charge is -2.08. The molecule has 0 saturated heterocycles. The highest BCUT2D eigenvalue weighted by Gasteiger charge is 2.17. The van der Waals surface area contributed by atoms with Crippen LogP contribution in [-0.2, 0) is 6.42 Å². The Labute approximate surface area is 126 Å². The molecule has 0 fully saturated rings. The molecule has 1 heterocycles. The third kappa shape index (κ3) is 3.49. The first-order valence-electron chi connectivity index (χ1n) is 6.49. The van der Waals surface area contributed by atoms with Gasteiger partial charge in [-0.2, -0.15) is 4.37 Å². The number of nitrogens with two attached hydrogens (primary N) is 1. The lowest BCUT2D eigenvalue weighted by molar-refractivity contribution is 0.0965. The molecule has 112 valence electrons. The van der Waals surface area contributed by atoms with Crippen molar-refractivity contribution in [2.75, 3.05) is 24.6 Å². The summed E-state index contributed by atoms with van der Waals surface area (Å²) in [4.78, 5) is 11.7. The van der Waals surface area contributed by atoms with E-state index in [2.05, 4.69) is 15.0 Å². The smallest absolute Gasteiger partial charge is 0.257 e. The van der Waals surface area contributed by atoms with Crippen molar-refractivity contribution >= 4 is 28.3 Å². The fourth-order valence-corrected chi connectivity index (χ4v) is 2.75. The zero-order valence-corrected chi connectivity index (χ0v) is 12.7. The van der Waals surface area contributed by atoms with E-state index in [1.807, 2.05) is 6.92 Å². The summed E-state index contributed by atoms with van der Waals surface area (Å²) >= 11 is 1.15. The Morgan fingerprint density at radius 1 is 1.48 bits per heavy atom. The molecule has 1 aromatic heterocycles. The van der Waals surface area contributed by atoms with Gasteiger partial charge in [0.2, 0.25) is 0 Å². The summed E-state index contributed by atoms with van der Waals surface area (Å²) in [5.41, 5.74) is 8.04. The van der Waals surface area contributed by atoms with Crippen molar-refractivity contribution in [2.45, 2.75) is 13.3 Å². The molecule has 4 N–H and O–H groups in total. The number of aromatic nitrogens is 1. The molecule has 0 saturated carbocycles. The summed E-state index contributed by atoms with van der Waals surface area (Å²) in [5.74, 6) is -0.275. The van der Waals surface area contributed by atoms with Crippen LogP contribution in [0.5, 0.6) is 0 Å². The summed E-state index contributed by atoms with van der Waals surface area (Å²) in [6.45, 7) is 2.48. The molecule has 1 aromatic carbocycles. The van der Waals surface area contributed by atoms with Gasteiger partial charge in [-0.1, -0.05) is 6.07 Å². The Bertz CT molecular complexity index is 656. The molecule has 0 aliphatic heterocycles. The van der Waals surface area contributed by atoms with Gasteiger partial charge in [0.15, 0.2) is 5.82 Å². The summed E-state index contributed by atoms with van der Waals surface area (Å²) in [5, 5.41) is 6.34. The number of anilines is 2. The van der Waals surface area contributed by atoms with Crippen molar-refractivity contribution in [3.8, 4) is 0 Å². The number of halogens is 1. The standard InChI is InChI=1S/C14H17FN4OS/c1-8-7-10(15)4-3-9(8)5-6-18-14-11(13(20)17-2)12(16)19-21-14/h3-4,7,18H,5-6H2,1-2H3,(H2,16,19)(H,17,20). The zero-order valence-electron chi connectivity index (χ0n) is 11.9. The number of hydrogen-bond acceptors (Lipinski definition) is 5. The van der Waals surface area contributed by atoms with Crippen LogP contribution >= 0.6 is 11.5 Å². The number of rotatable bonds is 5. The van der Waals surface area contributed by atoms with Crippen LogP contribution < -0.4 is 16.4 Å². The van der Waals surface area contributed by atoms with E-state index in [1.54, 1.807) is 13.1 Å². The van der Waals surface area contributed by atoms with Crippen LogP contribution in [0.25, 0.3) is 0 Å². The van der Waals surface area contributed by atoms with E-state index in [0.29, 0.717) is 17.1 Å². The van der Waals surface area contributed by atoms with Gasteiger partial charge in [0.1, 0.15) is 16.4 Å². The molecular weight excluding hydrogens is 291 g/mol. The van der Waals surface area contributed by atoms with Gasteiger partial charge in [0, 0.05) is 13.6 Å². The molecular formula is C14H17FN4OS. The summed E-state index contributed by atoms with van der Waals surface area (Å²) < 4.78 is 17.0. The molecule has 2 rings (SSSR count). The lowest BCUT2D eigenvalue weighted by Crippen LogP contribution is -2.20. The quantitative estimate of drug-likeness (QED) is 0.791. The maximum absolute atomic E-state index is 13.0. The van der Waals surface area contributed by atoms with Gasteiger partial charge in [0.05, 0.1) is 0 Å². The number of benzene rings is 1. The summed E-state index contributed by atoms with van der Waals surface area (Å²) in [7, 11) is 1.55. The summed E-state index contributed by atoms with van der Waals surface area (Å²) in [6, 6.07) is 4.73. The van der Waals surface area contributed by atoms with Gasteiger partial charge in [-0.3, -0.25) is 4.79 Å². The van der Waals surface area contributed by atoms with Gasteiger partial charge in [-0.05, 0) is 48.1 Å². The molecule has 0 unspecified atom stereocenters. The first-order valence-corrected chi connectivity index (χ1v) is 7.26. The number of amides is 1. The topological polar surface area (TPSA) is 80.0 Å². The predicted octanol–water partition coefficient (Wildman–Crippen LogP) is 2.19. The number of nitrogen functional groups attached to an aromatic ring is 1. The van der Waals surface area contributed by atoms with E-state index in [-0.39, 0.29) is 17.5 Å². The fraction of sp³-hybridized carbons (Fsp3) is 0.286. The van der Waals surface area contributed by atoms with Gasteiger partial charge in [0.25, 0.3) is 5.91 Å². The Hall–Kier alpha value is -2.15. The van der Waals surface area contributed by atoms with E-state index in [1.165, 1.54) is 12.1 Å². The second kappa shape index (κ2) is 6.53. The van der Waals surface area contributed by atoms with Gasteiger partial charge >= 0.3 is 0 Å². The molecule has 0 atom stereocenters. The van der Waals surface area contributed by atoms with Crippen molar-refractivity contribution in [3.63, 3.8) is 0 Å². The van der Waals surface area contributed by atoms with Crippen LogP contribution in [0.2, 0.25) is 0 Å².